The average Bonchev–Trinajstić information content (AvgIpc) is 0.782. The van der Waals surface area contributed by atoms with Crippen molar-refractivity contribution in [3.8, 4) is 0 Å². The second-order valence-electron chi connectivity index (χ2n) is 25.7. The Balaban J connectivity index is 1.77. The van der Waals surface area contributed by atoms with E-state index in [1.54, 1.807) is 6.08 Å². The number of carbonyl (C=O) groups excluding carboxylic acids is 3. The van der Waals surface area contributed by atoms with Gasteiger partial charge in [0.25, 0.3) is 0 Å². The molecule has 3 aliphatic rings. The van der Waals surface area contributed by atoms with Gasteiger partial charge in [0.2, 0.25) is 0 Å². The van der Waals surface area contributed by atoms with E-state index in [9.17, 15) is 74.9 Å². The molecule has 0 amide bonds. The van der Waals surface area contributed by atoms with Crippen LogP contribution in [-0.4, -0.2) is 204 Å². The van der Waals surface area contributed by atoms with Crippen molar-refractivity contribution in [1.82, 2.24) is 0 Å². The summed E-state index contributed by atoms with van der Waals surface area (Å²) in [7, 11) is -5.69. The molecule has 0 aromatic heterocycles. The van der Waals surface area contributed by atoms with Crippen molar-refractivity contribution in [2.24, 2.45) is 0 Å². The van der Waals surface area contributed by atoms with E-state index in [0.29, 0.717) is 12.8 Å². The second-order valence-corrected chi connectivity index (χ2v) is 27.1. The van der Waals surface area contributed by atoms with E-state index in [1.807, 2.05) is 6.08 Å². The zero-order chi connectivity index (χ0) is 68.2. The molecule has 2 heterocycles. The molecule has 2 saturated heterocycles. The second kappa shape index (κ2) is 50.7. The van der Waals surface area contributed by atoms with Gasteiger partial charge in [-0.15, -0.1) is 0 Å². The molecule has 93 heavy (non-hydrogen) atoms. The first kappa shape index (κ1) is 84.7. The predicted molar refractivity (Wildman–Crippen MR) is 347 cm³/mol. The molecule has 11 N–H and O–H groups in total. The molecule has 3 rings (SSSR count). The Morgan fingerprint density at radius 1 is 0.441 bits per heavy atom. The molecule has 544 valence electrons. The highest BCUT2D eigenvalue weighted by molar-refractivity contribution is 7.47. The van der Waals surface area contributed by atoms with Crippen molar-refractivity contribution in [1.29, 1.82) is 0 Å². The summed E-state index contributed by atoms with van der Waals surface area (Å²) in [5, 5.41) is 110. The Hall–Kier alpha value is -2.56. The number of aliphatic hydroxyl groups excluding tert-OH is 10. The zero-order valence-corrected chi connectivity index (χ0v) is 57.2. The molecule has 18 atom stereocenters. The molecule has 0 spiro atoms. The van der Waals surface area contributed by atoms with Crippen LogP contribution in [0.2, 0.25) is 0 Å². The fourth-order valence-corrected chi connectivity index (χ4v) is 12.7. The maximum absolute atomic E-state index is 14.3. The fraction of sp³-hybridized carbons (Fsp3) is 0.897. The van der Waals surface area contributed by atoms with Gasteiger partial charge < -0.3 is 89.1 Å². The van der Waals surface area contributed by atoms with Crippen LogP contribution in [0.25, 0.3) is 0 Å². The van der Waals surface area contributed by atoms with Crippen LogP contribution in [0.3, 0.4) is 0 Å². The quantitative estimate of drug-likeness (QED) is 0.00678. The molecule has 24 nitrogen and oxygen atoms in total. The van der Waals surface area contributed by atoms with Crippen molar-refractivity contribution in [3.63, 3.8) is 0 Å². The molecule has 0 radical (unpaired) electrons. The molecule has 0 bridgehead atoms. The molecule has 0 aromatic rings. The number of carbonyl (C=O) groups is 3. The molecule has 25 heteroatoms. The van der Waals surface area contributed by atoms with Crippen LogP contribution in [0.4, 0.5) is 0 Å². The first-order chi connectivity index (χ1) is 44.8. The van der Waals surface area contributed by atoms with Gasteiger partial charge in [-0.3, -0.25) is 18.6 Å². The van der Waals surface area contributed by atoms with Crippen molar-refractivity contribution in [2.75, 3.05) is 26.4 Å². The lowest BCUT2D eigenvalue weighted by molar-refractivity contribution is -0.360. The van der Waals surface area contributed by atoms with Gasteiger partial charge in [0, 0.05) is 18.9 Å². The predicted octanol–water partition coefficient (Wildman–Crippen LogP) is 8.57. The maximum Gasteiger partial charge on any atom is 0.472 e. The van der Waals surface area contributed by atoms with Gasteiger partial charge in [0.05, 0.1) is 13.2 Å². The highest BCUT2D eigenvalue weighted by Gasteiger charge is 2.58. The smallest absolute Gasteiger partial charge is 0.462 e. The van der Waals surface area contributed by atoms with E-state index in [1.165, 1.54) is 128 Å². The van der Waals surface area contributed by atoms with Crippen LogP contribution < -0.4 is 0 Å². The number of rotatable bonds is 54. The Labute approximate surface area is 554 Å². The summed E-state index contributed by atoms with van der Waals surface area (Å²) in [6.07, 6.45) is 9.13. The molecule has 0 aromatic carbocycles. The SMILES string of the molecule is CCCCCCCCCCCCC/C=C/C=C/C(=O)OCC1OC(OC2C(O)C(O)C(O)C(OC3OC(CO)C(O)C(O)C3O)C2OP(=O)(O)OCC(COC(=O)CCCCCCCCCCCCC)OC(=O)CCCCCCCCCCCCCC)C(O)C(O)C1O. The van der Waals surface area contributed by atoms with Gasteiger partial charge >= 0.3 is 25.7 Å². The summed E-state index contributed by atoms with van der Waals surface area (Å²) < 4.78 is 64.6. The summed E-state index contributed by atoms with van der Waals surface area (Å²) in [5.41, 5.74) is 0. The van der Waals surface area contributed by atoms with Crippen LogP contribution in [0.15, 0.2) is 24.3 Å². The fourth-order valence-electron chi connectivity index (χ4n) is 11.7. The highest BCUT2D eigenvalue weighted by Crippen LogP contribution is 2.49. The minimum Gasteiger partial charge on any atom is -0.462 e. The zero-order valence-electron chi connectivity index (χ0n) is 56.3. The third kappa shape index (κ3) is 34.7. The van der Waals surface area contributed by atoms with E-state index in [-0.39, 0.29) is 12.8 Å². The average molecular weight is 1360 g/mol. The number of unbranched alkanes of at least 4 members (excludes halogenated alkanes) is 32. The third-order valence-corrected chi connectivity index (χ3v) is 18.6. The van der Waals surface area contributed by atoms with Gasteiger partial charge in [0.15, 0.2) is 18.7 Å². The van der Waals surface area contributed by atoms with Crippen LogP contribution in [0, 0.1) is 0 Å². The number of ether oxygens (including phenoxy) is 7. The van der Waals surface area contributed by atoms with Crippen LogP contribution >= 0.6 is 7.82 Å². The van der Waals surface area contributed by atoms with Gasteiger partial charge in [-0.1, -0.05) is 238 Å². The van der Waals surface area contributed by atoms with Crippen LogP contribution in [-0.2, 0) is 61.2 Å². The lowest BCUT2D eigenvalue weighted by Crippen LogP contribution is -2.69. The number of allylic oxidation sites excluding steroid dienone is 3. The number of aliphatic hydroxyl groups is 10. The number of phosphoric ester groups is 1. The lowest BCUT2D eigenvalue weighted by Gasteiger charge is -2.49. The molecular weight excluding hydrogens is 1230 g/mol. The molecular formula is C68H123O24P. The summed E-state index contributed by atoms with van der Waals surface area (Å²) in [4.78, 5) is 50.7. The van der Waals surface area contributed by atoms with Gasteiger partial charge in [-0.2, -0.15) is 0 Å². The third-order valence-electron chi connectivity index (χ3n) is 17.6. The number of phosphoric acid groups is 1. The van der Waals surface area contributed by atoms with Crippen molar-refractivity contribution in [2.45, 2.75) is 362 Å². The van der Waals surface area contributed by atoms with Crippen LogP contribution in [0.5, 0.6) is 0 Å². The normalized spacial score (nSPS) is 28.6. The Kier molecular flexibility index (Phi) is 46.2. The first-order valence-corrected chi connectivity index (χ1v) is 37.2. The summed E-state index contributed by atoms with van der Waals surface area (Å²) in [6, 6.07) is 0. The minimum atomic E-state index is -5.69. The Morgan fingerprint density at radius 2 is 0.828 bits per heavy atom. The maximum atomic E-state index is 14.3. The number of hydrogen-bond donors (Lipinski definition) is 11. The largest absolute Gasteiger partial charge is 0.472 e. The summed E-state index contributed by atoms with van der Waals surface area (Å²) >= 11 is 0. The van der Waals surface area contributed by atoms with E-state index in [4.69, 9.17) is 42.2 Å². The van der Waals surface area contributed by atoms with Gasteiger partial charge in [-0.05, 0) is 25.7 Å². The van der Waals surface area contributed by atoms with E-state index < -0.39 is 156 Å². The highest BCUT2D eigenvalue weighted by atomic mass is 31.2. The summed E-state index contributed by atoms with van der Waals surface area (Å²) in [5.74, 6) is -2.22. The topological polar surface area (TPSA) is 374 Å². The Morgan fingerprint density at radius 3 is 1.27 bits per heavy atom. The van der Waals surface area contributed by atoms with Crippen molar-refractivity contribution in [3.05, 3.63) is 24.3 Å². The van der Waals surface area contributed by atoms with Crippen LogP contribution in [0.1, 0.15) is 258 Å². The van der Waals surface area contributed by atoms with Crippen molar-refractivity contribution >= 4 is 25.7 Å². The minimum absolute atomic E-state index is 0.0393. The Bertz CT molecular complexity index is 2040. The van der Waals surface area contributed by atoms with E-state index in [0.717, 1.165) is 96.0 Å². The molecule has 2 aliphatic heterocycles. The lowest BCUT2D eigenvalue weighted by atomic mass is 9.84. The summed E-state index contributed by atoms with van der Waals surface area (Å²) in [6.45, 7) is 3.32. The standard InChI is InChI=1S/C68H123O24P/c1-4-7-10-13-16-19-22-24-25-26-29-31-34-37-40-43-53(71)85-48-51-56(74)58(76)63(81)68(89-51)91-65-61(79)59(77)60(78)64(90-67-62(80)57(75)55(73)50(45-69)88-67)66(65)92-93(82,83)86-47-49(46-84-52(70)42-39-36-33-30-27-21-18-15-12-9-6-3)87-54(72)44-41-38-35-32-28-23-20-17-14-11-8-5-2/h34,37,40,43,49-51,55-69,73-81H,4-33,35-36,38-39,41-42,44-48H2,1-3H3,(H,82,83)/b37-34+,43-40+. The first-order valence-electron chi connectivity index (χ1n) is 35.7. The van der Waals surface area contributed by atoms with E-state index in [2.05, 4.69) is 20.8 Å². The molecule has 1 saturated carbocycles. The van der Waals surface area contributed by atoms with Gasteiger partial charge in [-0.25, -0.2) is 9.36 Å². The van der Waals surface area contributed by atoms with Crippen molar-refractivity contribution < 1.29 is 117 Å². The molecule has 1 aliphatic carbocycles. The molecule has 3 fully saturated rings. The monoisotopic (exact) mass is 1350 g/mol. The number of hydrogen-bond acceptors (Lipinski definition) is 23. The van der Waals surface area contributed by atoms with E-state index >= 15 is 0 Å². The van der Waals surface area contributed by atoms with Gasteiger partial charge in [0.1, 0.15) is 98.7 Å². The number of esters is 3. The molecule has 18 unspecified atom stereocenters.